The van der Waals surface area contributed by atoms with Gasteiger partial charge in [0, 0.05) is 166 Å². The Morgan fingerprint density at radius 1 is 0.415 bits per heavy atom. The van der Waals surface area contributed by atoms with Gasteiger partial charge in [-0.15, -0.1) is 0 Å². The molecule has 0 bridgehead atoms. The summed E-state index contributed by atoms with van der Waals surface area (Å²) < 4.78 is 52.6. The fourth-order valence-corrected chi connectivity index (χ4v) is 17.8. The lowest BCUT2D eigenvalue weighted by Crippen LogP contribution is -2.52. The first-order valence-electron chi connectivity index (χ1n) is 42.7. The number of morpholine rings is 1. The van der Waals surface area contributed by atoms with Crippen LogP contribution >= 0.6 is 45.3 Å². The number of amides is 8. The van der Waals surface area contributed by atoms with E-state index in [0.717, 1.165) is 130 Å². The third kappa shape index (κ3) is 23.4. The van der Waals surface area contributed by atoms with E-state index in [9.17, 15) is 52.8 Å². The van der Waals surface area contributed by atoms with Crippen LogP contribution in [0.2, 0.25) is 0 Å². The molecule has 135 heavy (non-hydrogen) atoms. The zero-order valence-electron chi connectivity index (χ0n) is 73.8. The first kappa shape index (κ1) is 95.2. The predicted molar refractivity (Wildman–Crippen MR) is 515 cm³/mol. The Bertz CT molecular complexity index is 6840. The molecule has 0 aliphatic carbocycles. The SMILES string of the molecule is CCNC(=O)Nc1nc2cc(-c3ccc(C(C)O)nc3)cc(-c3ccccn3)c2s1.CCNC(=O)Nc1nc2cc(-c3ccc(C(O)C(F)(F)F)nc3)cc(-c3ccccn3)c2s1.CCNC(=O)Nc1nc2cc(-c3cnc(C(C)O)nc3)cc(-c3nccc(N4CC(OC)C4)n3)c2s1.CCNC(=O)Nc1nc2cc(-c3cnc(C(C)O)nc3)cc(-c3nccc(N4CCOCC4)n3)c2s1. The number of anilines is 6. The molecule has 2 saturated heterocycles. The summed E-state index contributed by atoms with van der Waals surface area (Å²) in [6.45, 7) is 18.7. The lowest BCUT2D eigenvalue weighted by Gasteiger charge is -2.39. The highest BCUT2D eigenvalue weighted by molar-refractivity contribution is 7.24. The number of fused-ring (bicyclic) bond motifs is 4. The summed E-state index contributed by atoms with van der Waals surface area (Å²) in [5, 5.41) is 62.4. The maximum absolute atomic E-state index is 12.8. The molecule has 4 unspecified atom stereocenters. The summed E-state index contributed by atoms with van der Waals surface area (Å²) >= 11 is 5.42. The highest BCUT2D eigenvalue weighted by Crippen LogP contribution is 2.44. The van der Waals surface area contributed by atoms with Crippen molar-refractivity contribution < 1.29 is 62.2 Å². The number of methoxy groups -OCH3 is 1. The van der Waals surface area contributed by atoms with Gasteiger partial charge in [0.05, 0.1) is 89.1 Å². The number of carbonyl (C=O) groups excluding carboxylic acids is 4. The van der Waals surface area contributed by atoms with Crippen LogP contribution in [0.4, 0.5) is 64.5 Å². The van der Waals surface area contributed by atoms with Crippen molar-refractivity contribution in [1.29, 1.82) is 0 Å². The lowest BCUT2D eigenvalue weighted by atomic mass is 10.0. The number of carbonyl (C=O) groups is 4. The molecule has 4 atom stereocenters. The Balaban J connectivity index is 0.000000137. The Morgan fingerprint density at radius 2 is 0.770 bits per heavy atom. The van der Waals surface area contributed by atoms with Gasteiger partial charge in [0.1, 0.15) is 23.8 Å². The van der Waals surface area contributed by atoms with Crippen LogP contribution in [0.1, 0.15) is 95.9 Å². The fourth-order valence-electron chi connectivity index (χ4n) is 14.0. The zero-order valence-corrected chi connectivity index (χ0v) is 77.1. The van der Waals surface area contributed by atoms with Crippen LogP contribution in [0.5, 0.6) is 0 Å². The van der Waals surface area contributed by atoms with Crippen LogP contribution in [0.15, 0.2) is 183 Å². The van der Waals surface area contributed by atoms with Crippen molar-refractivity contribution in [3.63, 3.8) is 0 Å². The molecule has 12 N–H and O–H groups in total. The minimum absolute atomic E-state index is 0.201. The first-order chi connectivity index (χ1) is 65.3. The Kier molecular flexibility index (Phi) is 30.7. The van der Waals surface area contributed by atoms with Crippen molar-refractivity contribution in [2.75, 3.05) is 104 Å². The largest absolute Gasteiger partial charge is 0.420 e. The third-order valence-electron chi connectivity index (χ3n) is 20.7. The lowest BCUT2D eigenvalue weighted by molar-refractivity contribution is -0.207. The summed E-state index contributed by atoms with van der Waals surface area (Å²) in [4.78, 5) is 124. The molecule has 14 heterocycles. The molecule has 43 heteroatoms. The highest BCUT2D eigenvalue weighted by Gasteiger charge is 2.40. The number of nitrogens with one attached hydrogen (secondary N) is 8. The predicted octanol–water partition coefficient (Wildman–Crippen LogP) is 16.3. The molecule has 12 aromatic heterocycles. The Hall–Kier alpha value is -14.4. The number of aliphatic hydroxyl groups excluding tert-OH is 4. The number of benzene rings is 4. The van der Waals surface area contributed by atoms with Gasteiger partial charge < -0.3 is 61.0 Å². The average molecular weight is 1910 g/mol. The van der Waals surface area contributed by atoms with Gasteiger partial charge in [0.25, 0.3) is 0 Å². The molecular weight excluding hydrogens is 1810 g/mol. The van der Waals surface area contributed by atoms with Gasteiger partial charge in [-0.2, -0.15) is 13.2 Å². The van der Waals surface area contributed by atoms with Crippen LogP contribution in [0, 0.1) is 0 Å². The topological polar surface area (TPSA) is 477 Å². The van der Waals surface area contributed by atoms with Crippen molar-refractivity contribution in [2.45, 2.75) is 85.2 Å². The summed E-state index contributed by atoms with van der Waals surface area (Å²) in [6.07, 6.45) is 7.21. The van der Waals surface area contributed by atoms with Crippen molar-refractivity contribution in [3.8, 4) is 89.8 Å². The van der Waals surface area contributed by atoms with E-state index in [4.69, 9.17) is 19.4 Å². The molecule has 2 aliphatic heterocycles. The molecule has 18 rings (SSSR count). The van der Waals surface area contributed by atoms with E-state index in [1.165, 1.54) is 57.6 Å². The number of rotatable bonds is 23. The molecule has 0 radical (unpaired) electrons. The van der Waals surface area contributed by atoms with Crippen LogP contribution < -0.4 is 52.3 Å². The first-order valence-corrected chi connectivity index (χ1v) is 46.0. The molecule has 16 aromatic rings. The molecule has 8 amide bonds. The number of urea groups is 4. The van der Waals surface area contributed by atoms with Crippen molar-refractivity contribution in [3.05, 3.63) is 206 Å². The molecule has 2 aliphatic rings. The quantitative estimate of drug-likeness (QED) is 0.0283. The van der Waals surface area contributed by atoms with E-state index in [-0.39, 0.29) is 30.2 Å². The van der Waals surface area contributed by atoms with E-state index in [1.54, 1.807) is 103 Å². The number of aliphatic hydroxyl groups is 4. The van der Waals surface area contributed by atoms with Crippen molar-refractivity contribution in [2.24, 2.45) is 0 Å². The number of aromatic nitrogens is 16. The van der Waals surface area contributed by atoms with Gasteiger partial charge in [0.2, 0.25) is 0 Å². The van der Waals surface area contributed by atoms with Gasteiger partial charge in [-0.25, -0.2) is 79.0 Å². The third-order valence-corrected chi connectivity index (χ3v) is 24.8. The Labute approximate surface area is 786 Å². The second kappa shape index (κ2) is 43.5. The second-order valence-electron chi connectivity index (χ2n) is 30.3. The van der Waals surface area contributed by atoms with Crippen molar-refractivity contribution >= 4 is 143 Å². The molecule has 2 fully saturated rings. The number of thiazole rings is 4. The molecule has 36 nitrogen and oxygen atoms in total. The van der Waals surface area contributed by atoms with E-state index in [2.05, 4.69) is 128 Å². The molecule has 694 valence electrons. The summed E-state index contributed by atoms with van der Waals surface area (Å²) in [6, 6.07) is 35.5. The number of hydrogen-bond donors (Lipinski definition) is 12. The van der Waals surface area contributed by atoms with E-state index >= 15 is 0 Å². The molecule has 0 spiro atoms. The van der Waals surface area contributed by atoms with E-state index in [1.807, 2.05) is 112 Å². The normalized spacial score (nSPS) is 13.5. The van der Waals surface area contributed by atoms with Crippen LogP contribution in [0.3, 0.4) is 0 Å². The van der Waals surface area contributed by atoms with Gasteiger partial charge in [-0.05, 0) is 168 Å². The average Bonchev–Trinajstić information content (AvgIpc) is 1.68. The second-order valence-corrected chi connectivity index (χ2v) is 34.3. The number of ether oxygens (including phenoxy) is 2. The van der Waals surface area contributed by atoms with Gasteiger partial charge in [0.15, 0.2) is 49.9 Å². The highest BCUT2D eigenvalue weighted by atomic mass is 32.1. The summed E-state index contributed by atoms with van der Waals surface area (Å²) in [5.74, 6) is 3.46. The van der Waals surface area contributed by atoms with Crippen LogP contribution in [0.25, 0.3) is 131 Å². The zero-order chi connectivity index (χ0) is 95.0. The number of nitrogens with zero attached hydrogens (tertiary/aromatic N) is 18. The molecular formula is C92H91F3N26O10S4. The molecule has 4 aromatic carbocycles. The minimum Gasteiger partial charge on any atom is -0.387 e. The maximum Gasteiger partial charge on any atom is 0.420 e. The Morgan fingerprint density at radius 3 is 1.10 bits per heavy atom. The van der Waals surface area contributed by atoms with E-state index < -0.39 is 36.3 Å². The minimum atomic E-state index is -4.80. The number of halogens is 3. The van der Waals surface area contributed by atoms with Gasteiger partial charge in [-0.1, -0.05) is 69.6 Å². The maximum atomic E-state index is 12.8. The standard InChI is InChI=1S/2C24H26N8O3S.C22H18F3N5O2S.C22H21N5O2S/c1-4-25-23(34)31-24-29-18-8-14(15-9-27-21(13(2)33)28-10-15)7-17(20(18)36-24)22-26-6-5-19(30-22)32-11-16(12-32)35-3;1-3-25-23(34)31-24-29-18-11-15(16-12-27-21(14(2)33)28-13-16)10-17(20(18)36-24)22-26-5-4-19(30-22)32-6-8-35-9-7-32;1-2-26-20(32)30-21-29-17-10-13(9-14(18(17)33-21)15-5-3-4-8-27-15)12-6-7-16(28-11-12)19(31)22(23,24)25;1-3-23-21(29)27-22-26-19-11-15(14-7-8-17(13(2)28)25-12-14)10-16(20(19)30-22)18-6-4-5-9-24-18/h5-10,13,16,33H,4,11-12H2,1-3H3,(H2,25,29,31,34);4-5,10-14,33H,3,6-9H2,1-2H3,(H2,25,29,31,34);3-11,19,31H,2H2,1H3,(H2,26,29,30,32);4-13,28H,3H2,1-2H3,(H2,23,26,27,29). The van der Waals surface area contributed by atoms with E-state index in [0.29, 0.717) is 122 Å². The van der Waals surface area contributed by atoms with Crippen molar-refractivity contribution in [1.82, 2.24) is 101 Å². The number of alkyl halides is 3. The smallest absolute Gasteiger partial charge is 0.387 e. The number of hydrogen-bond acceptors (Lipinski definition) is 32. The van der Waals surface area contributed by atoms with Crippen LogP contribution in [-0.4, -0.2) is 209 Å². The fraction of sp³-hybridized carbons (Fsp3) is 0.261. The monoisotopic (exact) mass is 1900 g/mol. The molecule has 0 saturated carbocycles. The van der Waals surface area contributed by atoms with Gasteiger partial charge in [-0.3, -0.25) is 41.2 Å². The van der Waals surface area contributed by atoms with Gasteiger partial charge >= 0.3 is 30.3 Å². The number of pyridine rings is 4. The van der Waals surface area contributed by atoms with Crippen LogP contribution in [-0.2, 0) is 9.47 Å². The summed E-state index contributed by atoms with van der Waals surface area (Å²) in [5.41, 5.74) is 13.8. The summed E-state index contributed by atoms with van der Waals surface area (Å²) in [7, 11) is 1.71.